The summed E-state index contributed by atoms with van der Waals surface area (Å²) in [5.74, 6) is 2.29. The van der Waals surface area contributed by atoms with Gasteiger partial charge in [0.2, 0.25) is 0 Å². The molecule has 148 valence electrons. The first-order chi connectivity index (χ1) is 13.6. The van der Waals surface area contributed by atoms with E-state index in [0.29, 0.717) is 30.0 Å². The Morgan fingerprint density at radius 2 is 2.00 bits per heavy atom. The van der Waals surface area contributed by atoms with Crippen LogP contribution >= 0.6 is 0 Å². The van der Waals surface area contributed by atoms with Crippen LogP contribution in [0.2, 0.25) is 0 Å². The fourth-order valence-electron chi connectivity index (χ4n) is 4.28. The van der Waals surface area contributed by atoms with Gasteiger partial charge in [0.05, 0.1) is 26.2 Å². The van der Waals surface area contributed by atoms with Crippen LogP contribution in [0, 0.1) is 0 Å². The summed E-state index contributed by atoms with van der Waals surface area (Å²) in [4.78, 5) is 19.5. The molecule has 0 saturated carbocycles. The Bertz CT molecular complexity index is 869. The van der Waals surface area contributed by atoms with Gasteiger partial charge in [0, 0.05) is 31.8 Å². The first-order valence-corrected chi connectivity index (χ1v) is 9.73. The lowest BCUT2D eigenvalue weighted by atomic mass is 9.84. The number of rotatable bonds is 4. The number of methoxy groups -OCH3 is 2. The number of likely N-dealkylation sites (tertiary alicyclic amines) is 1. The Morgan fingerprint density at radius 3 is 2.82 bits per heavy atom. The molecular weight excluding hydrogens is 356 g/mol. The van der Waals surface area contributed by atoms with Crippen LogP contribution in [-0.2, 0) is 6.54 Å². The monoisotopic (exact) mass is 382 g/mol. The zero-order valence-corrected chi connectivity index (χ0v) is 16.4. The first kappa shape index (κ1) is 18.7. The number of hydrogen-bond donors (Lipinski definition) is 0. The minimum absolute atomic E-state index is 0.187. The van der Waals surface area contributed by atoms with E-state index in [1.807, 2.05) is 24.3 Å². The molecular formula is C22H26N2O4. The number of carbonyl (C=O) groups is 1. The van der Waals surface area contributed by atoms with Crippen LogP contribution in [-0.4, -0.2) is 48.6 Å². The lowest BCUT2D eigenvalue weighted by molar-refractivity contribution is 0.0298. The zero-order chi connectivity index (χ0) is 19.6. The molecule has 28 heavy (non-hydrogen) atoms. The van der Waals surface area contributed by atoms with Crippen molar-refractivity contribution in [3.8, 4) is 17.2 Å². The van der Waals surface area contributed by atoms with Gasteiger partial charge in [-0.15, -0.1) is 0 Å². The molecule has 2 aliphatic rings. The normalized spacial score (nSPS) is 22.3. The highest BCUT2D eigenvalue weighted by molar-refractivity contribution is 6.00. The van der Waals surface area contributed by atoms with Crippen LogP contribution in [0.3, 0.4) is 0 Å². The summed E-state index contributed by atoms with van der Waals surface area (Å²) in [5.41, 5.74) is 1.18. The van der Waals surface area contributed by atoms with E-state index in [1.165, 1.54) is 0 Å². The van der Waals surface area contributed by atoms with Gasteiger partial charge in [-0.05, 0) is 31.5 Å². The summed E-state index contributed by atoms with van der Waals surface area (Å²) in [6, 6.07) is 9.38. The Morgan fingerprint density at radius 1 is 1.14 bits per heavy atom. The van der Waals surface area contributed by atoms with Crippen molar-refractivity contribution >= 4 is 5.78 Å². The number of ether oxygens (including phenoxy) is 3. The number of benzene rings is 1. The number of carbonyl (C=O) groups excluding carboxylic acids is 1. The smallest absolute Gasteiger partial charge is 0.183 e. The van der Waals surface area contributed by atoms with Gasteiger partial charge < -0.3 is 14.2 Å². The summed E-state index contributed by atoms with van der Waals surface area (Å²) >= 11 is 0. The third-order valence-electron chi connectivity index (χ3n) is 5.73. The van der Waals surface area contributed by atoms with Crippen LogP contribution in [0.4, 0.5) is 0 Å². The zero-order valence-electron chi connectivity index (χ0n) is 16.4. The van der Waals surface area contributed by atoms with Crippen LogP contribution in [0.25, 0.3) is 0 Å². The molecule has 1 aromatic carbocycles. The second kappa shape index (κ2) is 7.80. The average Bonchev–Trinajstić information content (AvgIpc) is 2.90. The van der Waals surface area contributed by atoms with E-state index in [-0.39, 0.29) is 5.78 Å². The highest BCUT2D eigenvalue weighted by Gasteiger charge is 2.41. The molecule has 0 amide bonds. The minimum atomic E-state index is -0.397. The second-order valence-electron chi connectivity index (χ2n) is 7.50. The molecule has 1 atom stereocenters. The Balaban J connectivity index is 1.49. The molecule has 1 fully saturated rings. The number of fused-ring (bicyclic) bond motifs is 1. The molecule has 4 rings (SSSR count). The Kier molecular flexibility index (Phi) is 5.22. The van der Waals surface area contributed by atoms with E-state index in [9.17, 15) is 4.79 Å². The summed E-state index contributed by atoms with van der Waals surface area (Å²) in [6.07, 6.45) is 4.88. The van der Waals surface area contributed by atoms with Crippen molar-refractivity contribution in [1.82, 2.24) is 9.88 Å². The molecule has 1 spiro atoms. The maximum atomic E-state index is 12.7. The molecule has 6 heteroatoms. The fourth-order valence-corrected chi connectivity index (χ4v) is 4.28. The molecule has 2 aromatic rings. The third-order valence-corrected chi connectivity index (χ3v) is 5.73. The highest BCUT2D eigenvalue weighted by atomic mass is 16.5. The summed E-state index contributed by atoms with van der Waals surface area (Å²) in [7, 11) is 3.27. The summed E-state index contributed by atoms with van der Waals surface area (Å²) in [6.45, 7) is 2.46. The second-order valence-corrected chi connectivity index (χ2v) is 7.50. The van der Waals surface area contributed by atoms with Gasteiger partial charge in [0.25, 0.3) is 0 Å². The van der Waals surface area contributed by atoms with E-state index in [1.54, 1.807) is 26.5 Å². The molecule has 0 N–H and O–H groups in total. The SMILES string of the molecule is COc1ccnc(CN2CCCC3(CC2)CC(=O)c2ccccc2O3)c1OC. The van der Waals surface area contributed by atoms with Gasteiger partial charge in [-0.1, -0.05) is 12.1 Å². The molecule has 2 aliphatic heterocycles. The number of ketones is 1. The Labute approximate surface area is 165 Å². The van der Waals surface area contributed by atoms with E-state index in [2.05, 4.69) is 9.88 Å². The molecule has 6 nitrogen and oxygen atoms in total. The fraction of sp³-hybridized carbons (Fsp3) is 0.455. The lowest BCUT2D eigenvalue weighted by Crippen LogP contribution is -2.42. The van der Waals surface area contributed by atoms with Gasteiger partial charge in [0.1, 0.15) is 17.0 Å². The topological polar surface area (TPSA) is 60.9 Å². The van der Waals surface area contributed by atoms with Crippen molar-refractivity contribution in [2.45, 2.75) is 37.8 Å². The number of Topliss-reactive ketones (excluding diaryl/α,β-unsaturated/α-hetero) is 1. The maximum Gasteiger partial charge on any atom is 0.183 e. The quantitative estimate of drug-likeness (QED) is 0.807. The predicted octanol–water partition coefficient (Wildman–Crippen LogP) is 3.49. The molecule has 3 heterocycles. The minimum Gasteiger partial charge on any atom is -0.493 e. The van der Waals surface area contributed by atoms with Crippen molar-refractivity contribution in [3.63, 3.8) is 0 Å². The molecule has 0 bridgehead atoms. The number of para-hydroxylation sites is 1. The van der Waals surface area contributed by atoms with Gasteiger partial charge >= 0.3 is 0 Å². The van der Waals surface area contributed by atoms with Crippen molar-refractivity contribution in [2.24, 2.45) is 0 Å². The van der Waals surface area contributed by atoms with E-state index < -0.39 is 5.60 Å². The van der Waals surface area contributed by atoms with Gasteiger partial charge in [0.15, 0.2) is 17.3 Å². The van der Waals surface area contributed by atoms with Crippen LogP contribution in [0.5, 0.6) is 17.2 Å². The average molecular weight is 382 g/mol. The van der Waals surface area contributed by atoms with E-state index >= 15 is 0 Å². The highest BCUT2D eigenvalue weighted by Crippen LogP contribution is 2.39. The summed E-state index contributed by atoms with van der Waals surface area (Å²) in [5, 5.41) is 0. The van der Waals surface area contributed by atoms with Crippen LogP contribution < -0.4 is 14.2 Å². The largest absolute Gasteiger partial charge is 0.493 e. The standard InChI is InChI=1S/C22H26N2O4/c1-26-20-8-11-23-17(21(20)27-2)15-24-12-5-9-22(10-13-24)14-18(25)16-6-3-4-7-19(16)28-22/h3-4,6-8,11H,5,9-10,12-15H2,1-2H3. The predicted molar refractivity (Wildman–Crippen MR) is 105 cm³/mol. The molecule has 1 aromatic heterocycles. The number of hydrogen-bond acceptors (Lipinski definition) is 6. The number of nitrogens with zero attached hydrogens (tertiary/aromatic N) is 2. The van der Waals surface area contributed by atoms with Crippen molar-refractivity contribution < 1.29 is 19.0 Å². The van der Waals surface area contributed by atoms with Gasteiger partial charge in [-0.25, -0.2) is 0 Å². The number of aromatic nitrogens is 1. The molecule has 0 radical (unpaired) electrons. The molecule has 1 unspecified atom stereocenters. The van der Waals surface area contributed by atoms with Crippen molar-refractivity contribution in [3.05, 3.63) is 47.8 Å². The first-order valence-electron chi connectivity index (χ1n) is 9.73. The Hall–Kier alpha value is -2.60. The van der Waals surface area contributed by atoms with Crippen LogP contribution in [0.1, 0.15) is 41.7 Å². The molecule has 1 saturated heterocycles. The summed E-state index contributed by atoms with van der Waals surface area (Å²) < 4.78 is 17.3. The van der Waals surface area contributed by atoms with E-state index in [4.69, 9.17) is 14.2 Å². The maximum absolute atomic E-state index is 12.7. The number of pyridine rings is 1. The van der Waals surface area contributed by atoms with Gasteiger partial charge in [-0.2, -0.15) is 0 Å². The van der Waals surface area contributed by atoms with Gasteiger partial charge in [-0.3, -0.25) is 14.7 Å². The lowest BCUT2D eigenvalue weighted by Gasteiger charge is -2.37. The molecule has 0 aliphatic carbocycles. The van der Waals surface area contributed by atoms with Crippen LogP contribution in [0.15, 0.2) is 36.5 Å². The van der Waals surface area contributed by atoms with E-state index in [0.717, 1.165) is 43.8 Å². The third kappa shape index (κ3) is 3.56. The van der Waals surface area contributed by atoms with Crippen molar-refractivity contribution in [1.29, 1.82) is 0 Å². The van der Waals surface area contributed by atoms with Crippen molar-refractivity contribution in [2.75, 3.05) is 27.3 Å².